The fourth-order valence-corrected chi connectivity index (χ4v) is 0.944. The zero-order valence-electron chi connectivity index (χ0n) is 6.54. The van der Waals surface area contributed by atoms with Crippen molar-refractivity contribution < 1.29 is 19.0 Å². The summed E-state index contributed by atoms with van der Waals surface area (Å²) < 4.78 is 14.6. The fourth-order valence-electron chi connectivity index (χ4n) is 0.944. The normalized spacial score (nSPS) is 23.5. The maximum atomic E-state index is 10.8. The molecule has 4 nitrogen and oxygen atoms in total. The van der Waals surface area contributed by atoms with Crippen LogP contribution < -0.4 is 0 Å². The minimum Gasteiger partial charge on any atom is -0.458 e. The molecule has 1 fully saturated rings. The molecule has 1 saturated heterocycles. The van der Waals surface area contributed by atoms with Crippen LogP contribution in [-0.2, 0) is 19.0 Å². The van der Waals surface area contributed by atoms with E-state index in [-0.39, 0.29) is 18.7 Å². The quantitative estimate of drug-likeness (QED) is 0.543. The van der Waals surface area contributed by atoms with Crippen molar-refractivity contribution in [2.24, 2.45) is 0 Å². The van der Waals surface area contributed by atoms with Gasteiger partial charge in [-0.1, -0.05) is 0 Å². The minimum atomic E-state index is -0.317. The van der Waals surface area contributed by atoms with Gasteiger partial charge in [-0.3, -0.25) is 0 Å². The Hall–Kier alpha value is -0.610. The summed E-state index contributed by atoms with van der Waals surface area (Å²) in [7, 11) is 1.46. The first kappa shape index (κ1) is 8.49. The Bertz CT molecular complexity index is 128. The van der Waals surface area contributed by atoms with E-state index in [1.54, 1.807) is 0 Å². The molecule has 4 heteroatoms. The highest BCUT2D eigenvalue weighted by Crippen LogP contribution is 2.07. The van der Waals surface area contributed by atoms with Gasteiger partial charge in [-0.15, -0.1) is 0 Å². The lowest BCUT2D eigenvalue weighted by atomic mass is 10.3. The van der Waals surface area contributed by atoms with Crippen molar-refractivity contribution in [1.82, 2.24) is 0 Å². The number of hydrogen-bond acceptors (Lipinski definition) is 4. The van der Waals surface area contributed by atoms with Gasteiger partial charge in [-0.05, 0) is 0 Å². The monoisotopic (exact) mass is 160 g/mol. The maximum absolute atomic E-state index is 10.8. The average Bonchev–Trinajstić information content (AvgIpc) is 2.40. The number of ether oxygens (including phenoxy) is 3. The van der Waals surface area contributed by atoms with Crippen LogP contribution in [0.5, 0.6) is 0 Å². The zero-order chi connectivity index (χ0) is 8.10. The lowest BCUT2D eigenvalue weighted by molar-refractivity contribution is -0.153. The Morgan fingerprint density at radius 2 is 2.55 bits per heavy atom. The van der Waals surface area contributed by atoms with Gasteiger partial charge in [0.05, 0.1) is 13.2 Å². The van der Waals surface area contributed by atoms with Gasteiger partial charge in [-0.25, -0.2) is 4.79 Å². The van der Waals surface area contributed by atoms with Crippen LogP contribution in [-0.4, -0.2) is 39.0 Å². The van der Waals surface area contributed by atoms with E-state index in [1.807, 2.05) is 0 Å². The van der Waals surface area contributed by atoms with Crippen LogP contribution in [0, 0.1) is 0 Å². The highest BCUT2D eigenvalue weighted by molar-refractivity contribution is 5.70. The van der Waals surface area contributed by atoms with E-state index in [4.69, 9.17) is 9.47 Å². The summed E-state index contributed by atoms with van der Waals surface area (Å²) in [6.07, 6.45) is 0.743. The predicted molar refractivity (Wildman–Crippen MR) is 37.2 cm³/mol. The van der Waals surface area contributed by atoms with E-state index < -0.39 is 0 Å². The molecule has 0 aromatic rings. The summed E-state index contributed by atoms with van der Waals surface area (Å²) in [6.45, 7) is 1.23. The highest BCUT2D eigenvalue weighted by atomic mass is 16.6. The molecule has 0 radical (unpaired) electrons. The molecule has 0 bridgehead atoms. The molecule has 0 N–H and O–H groups in total. The van der Waals surface area contributed by atoms with Gasteiger partial charge in [0.1, 0.15) is 12.7 Å². The molecule has 1 aliphatic rings. The smallest absolute Gasteiger partial charge is 0.332 e. The van der Waals surface area contributed by atoms with Gasteiger partial charge < -0.3 is 14.2 Å². The van der Waals surface area contributed by atoms with Crippen LogP contribution in [0.3, 0.4) is 0 Å². The van der Waals surface area contributed by atoms with Crippen molar-refractivity contribution in [3.63, 3.8) is 0 Å². The Morgan fingerprint density at radius 3 is 3.09 bits per heavy atom. The van der Waals surface area contributed by atoms with E-state index in [0.717, 1.165) is 6.42 Å². The highest BCUT2D eigenvalue weighted by Gasteiger charge is 2.19. The lowest BCUT2D eigenvalue weighted by Crippen LogP contribution is -2.20. The zero-order valence-corrected chi connectivity index (χ0v) is 6.54. The van der Waals surface area contributed by atoms with Crippen molar-refractivity contribution in [2.45, 2.75) is 12.5 Å². The second-order valence-electron chi connectivity index (χ2n) is 2.41. The second kappa shape index (κ2) is 4.31. The van der Waals surface area contributed by atoms with E-state index in [2.05, 4.69) is 4.74 Å². The van der Waals surface area contributed by atoms with Crippen molar-refractivity contribution in [1.29, 1.82) is 0 Å². The fraction of sp³-hybridized carbons (Fsp3) is 0.857. The molecule has 1 heterocycles. The third-order valence-corrected chi connectivity index (χ3v) is 1.45. The van der Waals surface area contributed by atoms with E-state index in [9.17, 15) is 4.79 Å². The first-order valence-electron chi connectivity index (χ1n) is 3.59. The molecule has 0 spiro atoms. The number of carbonyl (C=O) groups is 1. The van der Waals surface area contributed by atoms with E-state index >= 15 is 0 Å². The number of methoxy groups -OCH3 is 1. The largest absolute Gasteiger partial charge is 0.458 e. The van der Waals surface area contributed by atoms with Gasteiger partial charge in [-0.2, -0.15) is 0 Å². The molecule has 1 aliphatic heterocycles. The Kier molecular flexibility index (Phi) is 3.32. The standard InChI is InChI=1S/C7H12O4/c1-9-5-7(8)11-6-2-3-10-4-6/h6H,2-5H2,1H3/t6-/m1/s1. The van der Waals surface area contributed by atoms with Crippen molar-refractivity contribution >= 4 is 5.97 Å². The van der Waals surface area contributed by atoms with Crippen LogP contribution >= 0.6 is 0 Å². The summed E-state index contributed by atoms with van der Waals surface area (Å²) in [5.41, 5.74) is 0. The average molecular weight is 160 g/mol. The molecule has 1 rings (SSSR count). The molecule has 11 heavy (non-hydrogen) atoms. The van der Waals surface area contributed by atoms with Crippen molar-refractivity contribution in [3.8, 4) is 0 Å². The van der Waals surface area contributed by atoms with Crippen LogP contribution in [0.4, 0.5) is 0 Å². The van der Waals surface area contributed by atoms with Crippen LogP contribution in [0.25, 0.3) is 0 Å². The van der Waals surface area contributed by atoms with Gasteiger partial charge in [0, 0.05) is 13.5 Å². The second-order valence-corrected chi connectivity index (χ2v) is 2.41. The molecular formula is C7H12O4. The van der Waals surface area contributed by atoms with Crippen LogP contribution in [0.1, 0.15) is 6.42 Å². The van der Waals surface area contributed by atoms with Gasteiger partial charge in [0.2, 0.25) is 0 Å². The molecule has 0 amide bonds. The molecule has 0 unspecified atom stereocenters. The van der Waals surface area contributed by atoms with E-state index in [0.29, 0.717) is 13.2 Å². The summed E-state index contributed by atoms with van der Waals surface area (Å²) in [5.74, 6) is -0.317. The first-order chi connectivity index (χ1) is 5.33. The maximum Gasteiger partial charge on any atom is 0.332 e. The number of carbonyl (C=O) groups excluding carboxylic acids is 1. The van der Waals surface area contributed by atoms with Crippen molar-refractivity contribution in [2.75, 3.05) is 26.9 Å². The summed E-state index contributed by atoms with van der Waals surface area (Å²) in [5, 5.41) is 0. The molecule has 0 aromatic heterocycles. The number of hydrogen-bond donors (Lipinski definition) is 0. The van der Waals surface area contributed by atoms with Gasteiger partial charge in [0.15, 0.2) is 0 Å². The lowest BCUT2D eigenvalue weighted by Gasteiger charge is -2.08. The van der Waals surface area contributed by atoms with E-state index in [1.165, 1.54) is 7.11 Å². The molecular weight excluding hydrogens is 148 g/mol. The Morgan fingerprint density at radius 1 is 1.73 bits per heavy atom. The van der Waals surface area contributed by atoms with Crippen molar-refractivity contribution in [3.05, 3.63) is 0 Å². The topological polar surface area (TPSA) is 44.8 Å². The summed E-state index contributed by atoms with van der Waals surface area (Å²) in [4.78, 5) is 10.8. The molecule has 0 aromatic carbocycles. The van der Waals surface area contributed by atoms with Gasteiger partial charge in [0.25, 0.3) is 0 Å². The molecule has 0 aliphatic carbocycles. The summed E-state index contributed by atoms with van der Waals surface area (Å²) in [6, 6.07) is 0. The minimum absolute atomic E-state index is 0.0243. The third-order valence-electron chi connectivity index (χ3n) is 1.45. The Balaban J connectivity index is 2.13. The molecule has 0 saturated carbocycles. The first-order valence-corrected chi connectivity index (χ1v) is 3.59. The number of rotatable bonds is 3. The predicted octanol–water partition coefficient (Wildman–Crippen LogP) is -0.0351. The van der Waals surface area contributed by atoms with Crippen LogP contribution in [0.2, 0.25) is 0 Å². The van der Waals surface area contributed by atoms with Gasteiger partial charge >= 0.3 is 5.97 Å². The SMILES string of the molecule is COCC(=O)O[C@@H]1CCOC1. The summed E-state index contributed by atoms with van der Waals surface area (Å²) >= 11 is 0. The number of esters is 1. The Labute approximate surface area is 65.4 Å². The molecule has 1 atom stereocenters. The third kappa shape index (κ3) is 2.86. The van der Waals surface area contributed by atoms with Crippen LogP contribution in [0.15, 0.2) is 0 Å². The molecule has 64 valence electrons.